The summed E-state index contributed by atoms with van der Waals surface area (Å²) >= 11 is 5.85. The van der Waals surface area contributed by atoms with Crippen molar-refractivity contribution in [3.8, 4) is 0 Å². The van der Waals surface area contributed by atoms with Crippen LogP contribution in [0.25, 0.3) is 0 Å². The molecule has 0 saturated heterocycles. The number of halogens is 1. The summed E-state index contributed by atoms with van der Waals surface area (Å²) in [5.74, 6) is 0.0631. The molecule has 0 amide bonds. The second kappa shape index (κ2) is 7.74. The van der Waals surface area contributed by atoms with Crippen LogP contribution < -0.4 is 4.72 Å². The average molecular weight is 292 g/mol. The molecule has 18 heavy (non-hydrogen) atoms. The van der Waals surface area contributed by atoms with Gasteiger partial charge in [-0.3, -0.25) is 0 Å². The number of hydrogen-bond acceptors (Lipinski definition) is 3. The molecular weight excluding hydrogens is 274 g/mol. The summed E-state index contributed by atoms with van der Waals surface area (Å²) in [7, 11) is -1.76. The third-order valence-corrected chi connectivity index (χ3v) is 4.00. The highest BCUT2D eigenvalue weighted by molar-refractivity contribution is 7.89. The van der Waals surface area contributed by atoms with Crippen LogP contribution in [0.15, 0.2) is 30.3 Å². The monoisotopic (exact) mass is 291 g/mol. The van der Waals surface area contributed by atoms with E-state index in [1.165, 1.54) is 7.11 Å². The fourth-order valence-electron chi connectivity index (χ4n) is 1.43. The molecule has 1 unspecified atom stereocenters. The minimum atomic E-state index is -3.28. The maximum Gasteiger partial charge on any atom is 0.211 e. The maximum absolute atomic E-state index is 11.7. The first-order chi connectivity index (χ1) is 8.53. The number of ether oxygens (including phenoxy) is 1. The van der Waals surface area contributed by atoms with E-state index >= 15 is 0 Å². The van der Waals surface area contributed by atoms with E-state index in [2.05, 4.69) is 4.72 Å². The Balaban J connectivity index is 2.36. The predicted octanol–water partition coefficient (Wildman–Crippen LogP) is 1.40. The summed E-state index contributed by atoms with van der Waals surface area (Å²) in [6, 6.07) is 9.50. The van der Waals surface area contributed by atoms with Crippen LogP contribution in [0, 0.1) is 0 Å². The van der Waals surface area contributed by atoms with Gasteiger partial charge in [-0.1, -0.05) is 30.3 Å². The van der Waals surface area contributed by atoms with Crippen molar-refractivity contribution >= 4 is 21.6 Å². The van der Waals surface area contributed by atoms with Crippen molar-refractivity contribution in [3.63, 3.8) is 0 Å². The van der Waals surface area contributed by atoms with Crippen LogP contribution in [0.5, 0.6) is 0 Å². The van der Waals surface area contributed by atoms with Crippen molar-refractivity contribution in [2.24, 2.45) is 0 Å². The fourth-order valence-corrected chi connectivity index (χ4v) is 2.82. The van der Waals surface area contributed by atoms with Crippen LogP contribution in [-0.2, 0) is 21.2 Å². The van der Waals surface area contributed by atoms with Crippen molar-refractivity contribution in [3.05, 3.63) is 35.9 Å². The van der Waals surface area contributed by atoms with Gasteiger partial charge in [-0.25, -0.2) is 13.1 Å². The van der Waals surface area contributed by atoms with Crippen LogP contribution >= 0.6 is 11.6 Å². The first kappa shape index (κ1) is 15.4. The number of benzene rings is 1. The zero-order valence-corrected chi connectivity index (χ0v) is 11.9. The van der Waals surface area contributed by atoms with Gasteiger partial charge in [-0.15, -0.1) is 11.6 Å². The van der Waals surface area contributed by atoms with Crippen molar-refractivity contribution < 1.29 is 13.2 Å². The summed E-state index contributed by atoms with van der Waals surface area (Å²) in [6.07, 6.45) is 0.493. The number of methoxy groups -OCH3 is 1. The van der Waals surface area contributed by atoms with E-state index in [1.54, 1.807) is 0 Å². The number of alkyl halides is 1. The number of rotatable bonds is 8. The molecule has 1 atom stereocenters. The van der Waals surface area contributed by atoms with E-state index in [1.807, 2.05) is 30.3 Å². The van der Waals surface area contributed by atoms with Gasteiger partial charge in [0.15, 0.2) is 0 Å². The normalized spacial score (nSPS) is 13.4. The first-order valence-electron chi connectivity index (χ1n) is 5.68. The Bertz CT molecular complexity index is 436. The second-order valence-electron chi connectivity index (χ2n) is 3.96. The number of aryl methyl sites for hydroxylation is 1. The molecule has 4 nitrogen and oxygen atoms in total. The summed E-state index contributed by atoms with van der Waals surface area (Å²) in [6.45, 7) is 0.509. The highest BCUT2D eigenvalue weighted by Gasteiger charge is 2.13. The van der Waals surface area contributed by atoms with Crippen LogP contribution in [0.3, 0.4) is 0 Å². The Morgan fingerprint density at radius 1 is 1.33 bits per heavy atom. The Morgan fingerprint density at radius 2 is 2.00 bits per heavy atom. The maximum atomic E-state index is 11.7. The zero-order valence-electron chi connectivity index (χ0n) is 10.3. The average Bonchev–Trinajstić information content (AvgIpc) is 2.36. The zero-order chi connectivity index (χ0) is 13.4. The highest BCUT2D eigenvalue weighted by atomic mass is 35.5. The van der Waals surface area contributed by atoms with E-state index in [0.29, 0.717) is 13.0 Å². The van der Waals surface area contributed by atoms with Crippen LogP contribution in [0.4, 0.5) is 0 Å². The summed E-state index contributed by atoms with van der Waals surface area (Å²) in [4.78, 5) is 0. The number of sulfonamides is 1. The molecule has 0 fully saturated rings. The molecule has 0 saturated carbocycles. The topological polar surface area (TPSA) is 55.4 Å². The van der Waals surface area contributed by atoms with E-state index in [9.17, 15) is 8.42 Å². The third-order valence-electron chi connectivity index (χ3n) is 2.37. The van der Waals surface area contributed by atoms with E-state index in [0.717, 1.165) is 5.56 Å². The standard InChI is InChI=1S/C12H18ClNO3S/c1-17-10-12(13)9-14-18(15,16)8-7-11-5-3-2-4-6-11/h2-6,12,14H,7-10H2,1H3. The minimum Gasteiger partial charge on any atom is -0.383 e. The van der Waals surface area contributed by atoms with E-state index < -0.39 is 10.0 Å². The lowest BCUT2D eigenvalue weighted by Gasteiger charge is -2.10. The van der Waals surface area contributed by atoms with Crippen molar-refractivity contribution in [2.45, 2.75) is 11.8 Å². The lowest BCUT2D eigenvalue weighted by Crippen LogP contribution is -2.33. The molecule has 0 bridgehead atoms. The Kier molecular flexibility index (Phi) is 6.63. The Hall–Kier alpha value is -0.620. The van der Waals surface area contributed by atoms with Crippen LogP contribution in [0.1, 0.15) is 5.56 Å². The molecule has 0 aliphatic heterocycles. The number of hydrogen-bond donors (Lipinski definition) is 1. The SMILES string of the molecule is COCC(Cl)CNS(=O)(=O)CCc1ccccc1. The lowest BCUT2D eigenvalue weighted by atomic mass is 10.2. The van der Waals surface area contributed by atoms with E-state index in [-0.39, 0.29) is 17.7 Å². The van der Waals surface area contributed by atoms with Gasteiger partial charge in [0.1, 0.15) is 0 Å². The molecule has 1 aromatic rings. The minimum absolute atomic E-state index is 0.0631. The van der Waals surface area contributed by atoms with Crippen molar-refractivity contribution in [2.75, 3.05) is 26.0 Å². The molecule has 1 N–H and O–H groups in total. The van der Waals surface area contributed by atoms with Crippen molar-refractivity contribution in [1.82, 2.24) is 4.72 Å². The molecule has 0 radical (unpaired) electrons. The first-order valence-corrected chi connectivity index (χ1v) is 7.76. The smallest absolute Gasteiger partial charge is 0.211 e. The molecule has 6 heteroatoms. The Labute approximate surface area is 113 Å². The summed E-state index contributed by atoms with van der Waals surface area (Å²) in [5.41, 5.74) is 1.00. The van der Waals surface area contributed by atoms with Gasteiger partial charge in [0, 0.05) is 13.7 Å². The fraction of sp³-hybridized carbons (Fsp3) is 0.500. The van der Waals surface area contributed by atoms with Gasteiger partial charge in [0.25, 0.3) is 0 Å². The molecule has 0 spiro atoms. The van der Waals surface area contributed by atoms with Crippen LogP contribution in [-0.4, -0.2) is 39.8 Å². The van der Waals surface area contributed by atoms with E-state index in [4.69, 9.17) is 16.3 Å². The largest absolute Gasteiger partial charge is 0.383 e. The van der Waals surface area contributed by atoms with Gasteiger partial charge in [0.2, 0.25) is 10.0 Å². The van der Waals surface area contributed by atoms with Gasteiger partial charge >= 0.3 is 0 Å². The third kappa shape index (κ3) is 6.35. The predicted molar refractivity (Wildman–Crippen MR) is 73.5 cm³/mol. The molecule has 102 valence electrons. The molecule has 0 aliphatic rings. The van der Waals surface area contributed by atoms with Gasteiger partial charge < -0.3 is 4.74 Å². The molecule has 1 rings (SSSR count). The van der Waals surface area contributed by atoms with Crippen molar-refractivity contribution in [1.29, 1.82) is 0 Å². The number of nitrogens with one attached hydrogen (secondary N) is 1. The molecule has 0 aliphatic carbocycles. The summed E-state index contributed by atoms with van der Waals surface area (Å²) in [5, 5.41) is -0.346. The summed E-state index contributed by atoms with van der Waals surface area (Å²) < 4.78 is 30.7. The Morgan fingerprint density at radius 3 is 2.61 bits per heavy atom. The van der Waals surface area contributed by atoms with Gasteiger partial charge in [0.05, 0.1) is 17.7 Å². The molecule has 0 aromatic heterocycles. The molecule has 1 aromatic carbocycles. The van der Waals surface area contributed by atoms with Gasteiger partial charge in [-0.2, -0.15) is 0 Å². The quantitative estimate of drug-likeness (QED) is 0.737. The second-order valence-corrected chi connectivity index (χ2v) is 6.50. The molecule has 0 heterocycles. The molecular formula is C12H18ClNO3S. The highest BCUT2D eigenvalue weighted by Crippen LogP contribution is 2.02. The van der Waals surface area contributed by atoms with Crippen LogP contribution in [0.2, 0.25) is 0 Å². The van der Waals surface area contributed by atoms with Gasteiger partial charge in [-0.05, 0) is 12.0 Å². The lowest BCUT2D eigenvalue weighted by molar-refractivity contribution is 0.198.